The molecule has 0 saturated carbocycles. The Kier molecular flexibility index (Phi) is 7.61. The minimum absolute atomic E-state index is 0. The van der Waals surface area contributed by atoms with E-state index in [1.807, 2.05) is 45.0 Å². The Balaban J connectivity index is 0.00000261. The molecule has 27 heavy (non-hydrogen) atoms. The van der Waals surface area contributed by atoms with Gasteiger partial charge in [-0.2, -0.15) is 0 Å². The number of rotatable bonds is 5. The molecule has 1 aliphatic heterocycles. The fraction of sp³-hybridized carbons (Fsp3) is 0.474. The van der Waals surface area contributed by atoms with Gasteiger partial charge in [0.25, 0.3) is 0 Å². The minimum Gasteiger partial charge on any atom is -0.497 e. The van der Waals surface area contributed by atoms with Gasteiger partial charge in [-0.3, -0.25) is 4.79 Å². The van der Waals surface area contributed by atoms with Gasteiger partial charge in [0.05, 0.1) is 36.4 Å². The van der Waals surface area contributed by atoms with Crippen molar-refractivity contribution in [1.82, 2.24) is 15.6 Å². The van der Waals surface area contributed by atoms with E-state index in [0.717, 1.165) is 26.9 Å². The molecule has 1 saturated heterocycles. The largest absolute Gasteiger partial charge is 0.497 e. The van der Waals surface area contributed by atoms with Crippen LogP contribution >= 0.6 is 23.7 Å². The predicted molar refractivity (Wildman–Crippen MR) is 110 cm³/mol. The van der Waals surface area contributed by atoms with Crippen LogP contribution < -0.4 is 15.4 Å². The number of amides is 1. The summed E-state index contributed by atoms with van der Waals surface area (Å²) < 4.78 is 10.8. The minimum atomic E-state index is -0.319. The van der Waals surface area contributed by atoms with Crippen LogP contribution in [0.5, 0.6) is 5.75 Å². The topological polar surface area (TPSA) is 72.5 Å². The lowest BCUT2D eigenvalue weighted by Crippen LogP contribution is -2.55. The number of nitrogens with zero attached hydrogens (tertiary/aromatic N) is 1. The van der Waals surface area contributed by atoms with Gasteiger partial charge in [0.2, 0.25) is 5.91 Å². The number of nitrogens with one attached hydrogen (secondary N) is 2. The summed E-state index contributed by atoms with van der Waals surface area (Å²) in [6.45, 7) is 7.22. The molecule has 3 atom stereocenters. The van der Waals surface area contributed by atoms with E-state index >= 15 is 0 Å². The number of aryl methyl sites for hydroxylation is 1. The van der Waals surface area contributed by atoms with Crippen LogP contribution in [0.25, 0.3) is 10.6 Å². The summed E-state index contributed by atoms with van der Waals surface area (Å²) in [4.78, 5) is 18.3. The highest BCUT2D eigenvalue weighted by atomic mass is 35.5. The van der Waals surface area contributed by atoms with Crippen LogP contribution in [0.3, 0.4) is 0 Å². The van der Waals surface area contributed by atoms with Crippen LogP contribution in [0.2, 0.25) is 0 Å². The lowest BCUT2D eigenvalue weighted by Gasteiger charge is -2.30. The standard InChI is InChI=1S/C19H25N3O3S.ClH/c1-11(21-18(23)16-13(3)25-10-9-20-16)17-12(2)22-19(26-17)14-5-7-15(24-4)8-6-14;/h5-8,11,13,16,20H,9-10H2,1-4H3,(H,21,23);1H/t11?,13-,16+;/m1./s1. The lowest BCUT2D eigenvalue weighted by molar-refractivity contribution is -0.129. The Labute approximate surface area is 170 Å². The van der Waals surface area contributed by atoms with E-state index < -0.39 is 0 Å². The van der Waals surface area contributed by atoms with E-state index in [0.29, 0.717) is 13.2 Å². The highest BCUT2D eigenvalue weighted by molar-refractivity contribution is 7.15. The van der Waals surface area contributed by atoms with Crippen LogP contribution in [-0.4, -0.2) is 43.3 Å². The summed E-state index contributed by atoms with van der Waals surface area (Å²) in [6, 6.07) is 7.41. The molecule has 2 N–H and O–H groups in total. The fourth-order valence-corrected chi connectivity index (χ4v) is 4.14. The quantitative estimate of drug-likeness (QED) is 0.790. The molecular weight excluding hydrogens is 386 g/mol. The van der Waals surface area contributed by atoms with Crippen molar-refractivity contribution in [1.29, 1.82) is 0 Å². The van der Waals surface area contributed by atoms with E-state index in [2.05, 4.69) is 15.6 Å². The zero-order valence-corrected chi connectivity index (χ0v) is 17.6. The van der Waals surface area contributed by atoms with Crippen molar-refractivity contribution >= 4 is 29.7 Å². The number of methoxy groups -OCH3 is 1. The van der Waals surface area contributed by atoms with Crippen molar-refractivity contribution in [2.24, 2.45) is 0 Å². The maximum atomic E-state index is 12.6. The number of thiazole rings is 1. The van der Waals surface area contributed by atoms with Gasteiger partial charge >= 0.3 is 0 Å². The van der Waals surface area contributed by atoms with E-state index in [1.165, 1.54) is 0 Å². The van der Waals surface area contributed by atoms with Crippen molar-refractivity contribution in [3.63, 3.8) is 0 Å². The van der Waals surface area contributed by atoms with Gasteiger partial charge in [0, 0.05) is 12.1 Å². The Bertz CT molecular complexity index is 766. The molecular formula is C19H26ClN3O3S. The zero-order chi connectivity index (χ0) is 18.7. The fourth-order valence-electron chi connectivity index (χ4n) is 3.06. The molecule has 1 aromatic heterocycles. The third kappa shape index (κ3) is 4.99. The molecule has 3 rings (SSSR count). The first-order valence-electron chi connectivity index (χ1n) is 8.76. The van der Waals surface area contributed by atoms with E-state index in [1.54, 1.807) is 18.4 Å². The summed E-state index contributed by atoms with van der Waals surface area (Å²) in [6.07, 6.45) is -0.131. The predicted octanol–water partition coefficient (Wildman–Crippen LogP) is 3.10. The molecule has 1 unspecified atom stereocenters. The molecule has 1 aromatic carbocycles. The van der Waals surface area contributed by atoms with E-state index in [4.69, 9.17) is 9.47 Å². The molecule has 8 heteroatoms. The number of carbonyl (C=O) groups is 1. The van der Waals surface area contributed by atoms with Gasteiger partial charge in [-0.05, 0) is 45.0 Å². The first-order valence-corrected chi connectivity index (χ1v) is 9.58. The van der Waals surface area contributed by atoms with Crippen molar-refractivity contribution in [3.05, 3.63) is 34.8 Å². The van der Waals surface area contributed by atoms with E-state index in [9.17, 15) is 4.79 Å². The number of halogens is 1. The molecule has 2 aromatic rings. The number of hydrogen-bond acceptors (Lipinski definition) is 6. The molecule has 2 heterocycles. The number of benzene rings is 1. The summed E-state index contributed by atoms with van der Waals surface area (Å²) >= 11 is 1.61. The Morgan fingerprint density at radius 1 is 1.41 bits per heavy atom. The van der Waals surface area contributed by atoms with Gasteiger partial charge < -0.3 is 20.1 Å². The molecule has 0 spiro atoms. The maximum absolute atomic E-state index is 12.6. The van der Waals surface area contributed by atoms with Crippen LogP contribution in [-0.2, 0) is 9.53 Å². The highest BCUT2D eigenvalue weighted by Crippen LogP contribution is 2.32. The Morgan fingerprint density at radius 2 is 2.11 bits per heavy atom. The van der Waals surface area contributed by atoms with Crippen molar-refractivity contribution in [3.8, 4) is 16.3 Å². The van der Waals surface area contributed by atoms with Gasteiger partial charge in [-0.15, -0.1) is 23.7 Å². The Morgan fingerprint density at radius 3 is 2.74 bits per heavy atom. The SMILES string of the molecule is COc1ccc(-c2nc(C)c(C(C)NC(=O)[C@H]3NCCO[C@@H]3C)s2)cc1.Cl. The zero-order valence-electron chi connectivity index (χ0n) is 15.9. The normalized spacial score (nSPS) is 20.4. The molecule has 0 aliphatic carbocycles. The number of ether oxygens (including phenoxy) is 2. The van der Waals surface area contributed by atoms with Crippen LogP contribution in [0, 0.1) is 6.92 Å². The lowest BCUT2D eigenvalue weighted by atomic mass is 10.1. The average molecular weight is 412 g/mol. The van der Waals surface area contributed by atoms with Gasteiger partial charge in [-0.1, -0.05) is 0 Å². The third-order valence-corrected chi connectivity index (χ3v) is 5.91. The number of morpholine rings is 1. The maximum Gasteiger partial charge on any atom is 0.240 e. The molecule has 148 valence electrons. The molecule has 6 nitrogen and oxygen atoms in total. The molecule has 1 aliphatic rings. The second-order valence-electron chi connectivity index (χ2n) is 6.44. The van der Waals surface area contributed by atoms with Gasteiger partial charge in [-0.25, -0.2) is 4.98 Å². The van der Waals surface area contributed by atoms with Gasteiger partial charge in [0.1, 0.15) is 16.8 Å². The Hall–Kier alpha value is -1.67. The van der Waals surface area contributed by atoms with Crippen LogP contribution in [0.1, 0.15) is 30.5 Å². The van der Waals surface area contributed by atoms with E-state index in [-0.39, 0.29) is 36.5 Å². The first kappa shape index (κ1) is 21.6. The van der Waals surface area contributed by atoms with Crippen LogP contribution in [0.4, 0.5) is 0 Å². The second kappa shape index (κ2) is 9.50. The van der Waals surface area contributed by atoms with Crippen molar-refractivity contribution in [2.75, 3.05) is 20.3 Å². The summed E-state index contributed by atoms with van der Waals surface area (Å²) in [7, 11) is 1.65. The number of aromatic nitrogens is 1. The second-order valence-corrected chi connectivity index (χ2v) is 7.47. The first-order chi connectivity index (χ1) is 12.5. The molecule has 1 amide bonds. The van der Waals surface area contributed by atoms with Crippen LogP contribution in [0.15, 0.2) is 24.3 Å². The van der Waals surface area contributed by atoms with Gasteiger partial charge in [0.15, 0.2) is 0 Å². The summed E-state index contributed by atoms with van der Waals surface area (Å²) in [5, 5.41) is 7.25. The third-order valence-electron chi connectivity index (χ3n) is 4.52. The monoisotopic (exact) mass is 411 g/mol. The van der Waals surface area contributed by atoms with Crippen molar-refractivity contribution in [2.45, 2.75) is 39.0 Å². The summed E-state index contributed by atoms with van der Waals surface area (Å²) in [5.41, 5.74) is 1.98. The highest BCUT2D eigenvalue weighted by Gasteiger charge is 2.29. The smallest absolute Gasteiger partial charge is 0.240 e. The molecule has 1 fully saturated rings. The average Bonchev–Trinajstić information content (AvgIpc) is 3.04. The molecule has 0 bridgehead atoms. The summed E-state index contributed by atoms with van der Waals surface area (Å²) in [5.74, 6) is 0.780. The number of carbonyl (C=O) groups excluding carboxylic acids is 1. The molecule has 0 radical (unpaired) electrons. The number of hydrogen-bond donors (Lipinski definition) is 2. The van der Waals surface area contributed by atoms with Crippen molar-refractivity contribution < 1.29 is 14.3 Å².